The number of esters is 1. The molecule has 180 valence electrons. The van der Waals surface area contributed by atoms with E-state index in [4.69, 9.17) is 4.74 Å². The second-order valence-corrected chi connectivity index (χ2v) is 8.67. The summed E-state index contributed by atoms with van der Waals surface area (Å²) >= 11 is 0. The van der Waals surface area contributed by atoms with Crippen molar-refractivity contribution in [1.82, 2.24) is 4.90 Å². The maximum absolute atomic E-state index is 13.9. The van der Waals surface area contributed by atoms with Crippen LogP contribution < -0.4 is 5.32 Å². The van der Waals surface area contributed by atoms with Crippen molar-refractivity contribution in [2.75, 3.05) is 12.4 Å². The fourth-order valence-corrected chi connectivity index (χ4v) is 4.25. The fraction of sp³-hybridized carbons (Fsp3) is 0.222. The molecule has 0 aliphatic carbocycles. The lowest BCUT2D eigenvalue weighted by atomic mass is 10.0. The van der Waals surface area contributed by atoms with Crippen LogP contribution in [0, 0.1) is 17.6 Å². The van der Waals surface area contributed by atoms with Gasteiger partial charge in [-0.3, -0.25) is 9.59 Å². The van der Waals surface area contributed by atoms with Gasteiger partial charge in [-0.1, -0.05) is 32.0 Å². The number of hydrogen-bond donors (Lipinski definition) is 1. The minimum Gasteiger partial charge on any atom is -0.467 e. The number of methoxy groups -OCH3 is 1. The van der Waals surface area contributed by atoms with Gasteiger partial charge in [0.25, 0.3) is 11.8 Å². The number of carbonyl (C=O) groups is 3. The summed E-state index contributed by atoms with van der Waals surface area (Å²) in [6.45, 7) is 4.04. The van der Waals surface area contributed by atoms with Crippen LogP contribution in [0.2, 0.25) is 0 Å². The van der Waals surface area contributed by atoms with E-state index in [1.165, 1.54) is 12.0 Å². The van der Waals surface area contributed by atoms with E-state index in [9.17, 15) is 23.2 Å². The number of benzene rings is 3. The van der Waals surface area contributed by atoms with Gasteiger partial charge in [0.15, 0.2) is 0 Å². The van der Waals surface area contributed by atoms with Crippen molar-refractivity contribution in [3.05, 3.63) is 89.0 Å². The van der Waals surface area contributed by atoms with Gasteiger partial charge in [0.2, 0.25) is 0 Å². The second-order valence-electron chi connectivity index (χ2n) is 8.67. The van der Waals surface area contributed by atoms with E-state index in [-0.39, 0.29) is 17.4 Å². The van der Waals surface area contributed by atoms with Crippen molar-refractivity contribution < 1.29 is 27.9 Å². The summed E-state index contributed by atoms with van der Waals surface area (Å²) in [5.41, 5.74) is 3.26. The first-order valence-corrected chi connectivity index (χ1v) is 11.1. The highest BCUT2D eigenvalue weighted by molar-refractivity contribution is 6.04. The molecule has 0 spiro atoms. The first-order valence-electron chi connectivity index (χ1n) is 11.1. The van der Waals surface area contributed by atoms with Crippen LogP contribution in [0.5, 0.6) is 0 Å². The van der Waals surface area contributed by atoms with E-state index in [1.807, 2.05) is 26.0 Å². The highest BCUT2D eigenvalue weighted by Crippen LogP contribution is 2.32. The molecule has 3 aromatic carbocycles. The third kappa shape index (κ3) is 4.77. The van der Waals surface area contributed by atoms with Gasteiger partial charge in [-0.15, -0.1) is 0 Å². The Bertz CT molecular complexity index is 1310. The summed E-state index contributed by atoms with van der Waals surface area (Å²) in [4.78, 5) is 39.1. The SMILES string of the molecule is COC(=O)[C@H](C(C)C)N1Cc2cc(-c3ccc(NC(=O)c4ccc(F)cc4F)cc3)ccc2C1=O. The maximum atomic E-state index is 13.9. The lowest BCUT2D eigenvalue weighted by Gasteiger charge is -2.28. The van der Waals surface area contributed by atoms with Crippen LogP contribution in [0.25, 0.3) is 11.1 Å². The Morgan fingerprint density at radius 3 is 2.29 bits per heavy atom. The normalized spacial score (nSPS) is 13.5. The minimum atomic E-state index is -0.937. The van der Waals surface area contributed by atoms with Gasteiger partial charge < -0.3 is 15.0 Å². The molecular weight excluding hydrogens is 454 g/mol. The number of anilines is 1. The van der Waals surface area contributed by atoms with Crippen molar-refractivity contribution in [1.29, 1.82) is 0 Å². The van der Waals surface area contributed by atoms with Gasteiger partial charge >= 0.3 is 5.97 Å². The van der Waals surface area contributed by atoms with Crippen LogP contribution in [0.4, 0.5) is 14.5 Å². The molecule has 0 bridgehead atoms. The molecule has 0 saturated heterocycles. The van der Waals surface area contributed by atoms with Crippen molar-refractivity contribution in [3.63, 3.8) is 0 Å². The first-order chi connectivity index (χ1) is 16.7. The zero-order valence-electron chi connectivity index (χ0n) is 19.5. The lowest BCUT2D eigenvalue weighted by Crippen LogP contribution is -2.45. The predicted octanol–water partition coefficient (Wildman–Crippen LogP) is 5.04. The highest BCUT2D eigenvalue weighted by Gasteiger charge is 2.38. The van der Waals surface area contributed by atoms with Crippen molar-refractivity contribution in [2.45, 2.75) is 26.4 Å². The number of fused-ring (bicyclic) bond motifs is 1. The van der Waals surface area contributed by atoms with Gasteiger partial charge in [0, 0.05) is 23.9 Å². The Hall–Kier alpha value is -4.07. The van der Waals surface area contributed by atoms with E-state index in [1.54, 1.807) is 30.3 Å². The Morgan fingerprint density at radius 1 is 0.971 bits per heavy atom. The summed E-state index contributed by atoms with van der Waals surface area (Å²) in [7, 11) is 1.31. The van der Waals surface area contributed by atoms with Gasteiger partial charge in [-0.25, -0.2) is 13.6 Å². The van der Waals surface area contributed by atoms with E-state index in [2.05, 4.69) is 5.32 Å². The lowest BCUT2D eigenvalue weighted by molar-refractivity contribution is -0.147. The Balaban J connectivity index is 1.51. The Morgan fingerprint density at radius 2 is 1.66 bits per heavy atom. The number of halogens is 2. The smallest absolute Gasteiger partial charge is 0.328 e. The molecule has 2 amide bonds. The average Bonchev–Trinajstić information content (AvgIpc) is 3.14. The van der Waals surface area contributed by atoms with Crippen LogP contribution >= 0.6 is 0 Å². The van der Waals surface area contributed by atoms with E-state index >= 15 is 0 Å². The minimum absolute atomic E-state index is 0.105. The van der Waals surface area contributed by atoms with Crippen molar-refractivity contribution in [3.8, 4) is 11.1 Å². The number of nitrogens with zero attached hydrogens (tertiary/aromatic N) is 1. The quantitative estimate of drug-likeness (QED) is 0.504. The fourth-order valence-electron chi connectivity index (χ4n) is 4.25. The second kappa shape index (κ2) is 9.66. The summed E-state index contributed by atoms with van der Waals surface area (Å²) < 4.78 is 31.8. The Labute approximate surface area is 201 Å². The summed E-state index contributed by atoms with van der Waals surface area (Å²) in [5, 5.41) is 2.59. The molecule has 1 aliphatic rings. The number of rotatable bonds is 6. The molecule has 1 atom stereocenters. The molecule has 0 aromatic heterocycles. The van der Waals surface area contributed by atoms with E-state index in [0.717, 1.165) is 28.8 Å². The maximum Gasteiger partial charge on any atom is 0.328 e. The van der Waals surface area contributed by atoms with Crippen molar-refractivity contribution in [2.24, 2.45) is 5.92 Å². The van der Waals surface area contributed by atoms with Crippen LogP contribution in [0.1, 0.15) is 40.1 Å². The summed E-state index contributed by atoms with van der Waals surface area (Å²) in [6, 6.07) is 14.5. The molecule has 1 N–H and O–H groups in total. The Kier molecular flexibility index (Phi) is 6.64. The van der Waals surface area contributed by atoms with Crippen LogP contribution in [-0.2, 0) is 16.1 Å². The predicted molar refractivity (Wildman–Crippen MR) is 127 cm³/mol. The molecule has 3 aromatic rings. The monoisotopic (exact) mass is 478 g/mol. The van der Waals surface area contributed by atoms with Crippen LogP contribution in [0.3, 0.4) is 0 Å². The molecule has 6 nitrogen and oxygen atoms in total. The molecule has 0 fully saturated rings. The number of amides is 2. The van der Waals surface area contributed by atoms with Gasteiger partial charge in [0.05, 0.1) is 12.7 Å². The van der Waals surface area contributed by atoms with Gasteiger partial charge in [0.1, 0.15) is 17.7 Å². The molecule has 0 radical (unpaired) electrons. The van der Waals surface area contributed by atoms with E-state index < -0.39 is 29.6 Å². The van der Waals surface area contributed by atoms with Crippen LogP contribution in [0.15, 0.2) is 60.7 Å². The first kappa shape index (κ1) is 24.1. The molecule has 4 rings (SSSR count). The average molecular weight is 478 g/mol. The summed E-state index contributed by atoms with van der Waals surface area (Å²) in [5.74, 6) is -3.13. The third-order valence-electron chi connectivity index (χ3n) is 6.00. The third-order valence-corrected chi connectivity index (χ3v) is 6.00. The molecule has 0 unspecified atom stereocenters. The highest BCUT2D eigenvalue weighted by atomic mass is 19.1. The standard InChI is InChI=1S/C27H24F2N2O4/c1-15(2)24(27(34)35-3)31-14-18-12-17(6-10-21(18)26(31)33)16-4-8-20(9-5-16)30-25(32)22-11-7-19(28)13-23(22)29/h4-13,15,24H,14H2,1-3H3,(H,30,32)/t24-/m0/s1. The number of ether oxygens (including phenoxy) is 1. The summed E-state index contributed by atoms with van der Waals surface area (Å²) in [6.07, 6.45) is 0. The molecular formula is C27H24F2N2O4. The topological polar surface area (TPSA) is 75.7 Å². The molecule has 1 aliphatic heterocycles. The molecule has 35 heavy (non-hydrogen) atoms. The van der Waals surface area contributed by atoms with E-state index in [0.29, 0.717) is 23.9 Å². The molecule has 8 heteroatoms. The number of hydrogen-bond acceptors (Lipinski definition) is 4. The largest absolute Gasteiger partial charge is 0.467 e. The number of nitrogens with one attached hydrogen (secondary N) is 1. The zero-order valence-corrected chi connectivity index (χ0v) is 19.5. The van der Waals surface area contributed by atoms with Crippen molar-refractivity contribution >= 4 is 23.5 Å². The van der Waals surface area contributed by atoms with Crippen LogP contribution in [-0.4, -0.2) is 35.8 Å². The molecule has 1 heterocycles. The molecule has 0 saturated carbocycles. The zero-order chi connectivity index (χ0) is 25.3. The number of carbonyl (C=O) groups excluding carboxylic acids is 3. The van der Waals surface area contributed by atoms with Gasteiger partial charge in [-0.05, 0) is 59.0 Å². The van der Waals surface area contributed by atoms with Gasteiger partial charge in [-0.2, -0.15) is 0 Å².